The minimum atomic E-state index is -3.78. The molecule has 2 N–H and O–H groups in total. The molecule has 1 aromatic heterocycles. The second-order valence-electron chi connectivity index (χ2n) is 6.04. The summed E-state index contributed by atoms with van der Waals surface area (Å²) in [6.45, 7) is -0.0918. The number of sulfonamides is 1. The minimum Gasteiger partial charge on any atom is -0.351 e. The van der Waals surface area contributed by atoms with Crippen LogP contribution in [0, 0.1) is 10.1 Å². The monoisotopic (exact) mass is 449 g/mol. The van der Waals surface area contributed by atoms with Crippen molar-refractivity contribution in [2.75, 3.05) is 13.1 Å². The van der Waals surface area contributed by atoms with Gasteiger partial charge in [-0.1, -0.05) is 17.7 Å². The normalized spacial score (nSPS) is 11.2. The summed E-state index contributed by atoms with van der Waals surface area (Å²) in [4.78, 5) is 26.9. The molecule has 10 nitrogen and oxygen atoms in total. The lowest BCUT2D eigenvalue weighted by molar-refractivity contribution is -0.384. The number of hydrogen-bond acceptors (Lipinski definition) is 6. The van der Waals surface area contributed by atoms with Gasteiger partial charge in [0.2, 0.25) is 10.0 Å². The van der Waals surface area contributed by atoms with Crippen molar-refractivity contribution in [1.82, 2.24) is 19.6 Å². The number of benzene rings is 2. The van der Waals surface area contributed by atoms with E-state index in [0.717, 1.165) is 6.07 Å². The van der Waals surface area contributed by atoms with Crippen molar-refractivity contribution < 1.29 is 18.1 Å². The van der Waals surface area contributed by atoms with Gasteiger partial charge in [-0.05, 0) is 30.3 Å². The van der Waals surface area contributed by atoms with Gasteiger partial charge in [0.25, 0.3) is 11.6 Å². The molecule has 0 aliphatic rings. The smallest absolute Gasteiger partial charge is 0.294 e. The number of carbonyl (C=O) groups excluding carboxylic acids is 1. The lowest BCUT2D eigenvalue weighted by Gasteiger charge is -2.09. The minimum absolute atomic E-state index is 0.00652. The lowest BCUT2D eigenvalue weighted by Crippen LogP contribution is -2.34. The maximum atomic E-state index is 12.3. The highest BCUT2D eigenvalue weighted by molar-refractivity contribution is 7.89. The maximum Gasteiger partial charge on any atom is 0.294 e. The third kappa shape index (κ3) is 5.00. The largest absolute Gasteiger partial charge is 0.351 e. The summed E-state index contributed by atoms with van der Waals surface area (Å²) in [5, 5.41) is 14.2. The summed E-state index contributed by atoms with van der Waals surface area (Å²) in [5.41, 5.74) is 0.0777. The van der Waals surface area contributed by atoms with Crippen LogP contribution in [0.4, 0.5) is 5.69 Å². The quantitative estimate of drug-likeness (QED) is 0.307. The van der Waals surface area contributed by atoms with Gasteiger partial charge in [-0.3, -0.25) is 14.9 Å². The molecule has 0 saturated heterocycles. The van der Waals surface area contributed by atoms with Crippen molar-refractivity contribution in [3.63, 3.8) is 0 Å². The first-order valence-electron chi connectivity index (χ1n) is 8.58. The van der Waals surface area contributed by atoms with Crippen LogP contribution in [0.5, 0.6) is 0 Å². The average Bonchev–Trinajstić information content (AvgIpc) is 3.25. The molecule has 0 saturated carbocycles. The summed E-state index contributed by atoms with van der Waals surface area (Å²) in [6.07, 6.45) is 4.44. The number of carbonyl (C=O) groups is 1. The van der Waals surface area contributed by atoms with E-state index in [4.69, 9.17) is 11.6 Å². The Balaban J connectivity index is 1.62. The van der Waals surface area contributed by atoms with Crippen LogP contribution in [0.2, 0.25) is 5.02 Å². The lowest BCUT2D eigenvalue weighted by atomic mass is 10.1. The molecule has 1 amide bonds. The average molecular weight is 450 g/mol. The van der Waals surface area contributed by atoms with Crippen LogP contribution in [-0.2, 0) is 10.0 Å². The Morgan fingerprint density at radius 1 is 1.20 bits per heavy atom. The van der Waals surface area contributed by atoms with E-state index in [9.17, 15) is 23.3 Å². The van der Waals surface area contributed by atoms with Gasteiger partial charge in [0.05, 0.1) is 16.1 Å². The molecule has 0 fully saturated rings. The fourth-order valence-electron chi connectivity index (χ4n) is 2.61. The molecule has 12 heteroatoms. The number of nitrogens with zero attached hydrogens (tertiary/aromatic N) is 3. The van der Waals surface area contributed by atoms with Crippen LogP contribution in [0.1, 0.15) is 10.4 Å². The SMILES string of the molecule is O=C(NCCNS(=O)(=O)c1cccc(Cl)c1)c1ccc(-n2ccnc2)c([N+](=O)[O-])c1. The van der Waals surface area contributed by atoms with E-state index in [1.165, 1.54) is 47.4 Å². The zero-order chi connectivity index (χ0) is 21.7. The zero-order valence-electron chi connectivity index (χ0n) is 15.4. The van der Waals surface area contributed by atoms with E-state index < -0.39 is 20.9 Å². The Morgan fingerprint density at radius 3 is 2.67 bits per heavy atom. The number of nitrogens with one attached hydrogen (secondary N) is 2. The summed E-state index contributed by atoms with van der Waals surface area (Å²) >= 11 is 5.80. The molecule has 0 aliphatic carbocycles. The van der Waals surface area contributed by atoms with E-state index in [1.54, 1.807) is 12.3 Å². The molecule has 0 spiro atoms. The predicted molar refractivity (Wildman–Crippen MR) is 109 cm³/mol. The Labute approximate surface area is 176 Å². The van der Waals surface area contributed by atoms with Crippen molar-refractivity contribution in [1.29, 1.82) is 0 Å². The molecule has 1 heterocycles. The van der Waals surface area contributed by atoms with Crippen LogP contribution < -0.4 is 10.0 Å². The molecule has 30 heavy (non-hydrogen) atoms. The molecule has 3 rings (SSSR count). The van der Waals surface area contributed by atoms with E-state index >= 15 is 0 Å². The summed E-state index contributed by atoms with van der Waals surface area (Å²) in [6, 6.07) is 9.81. The first-order valence-corrected chi connectivity index (χ1v) is 10.4. The number of nitro benzene ring substituents is 1. The third-order valence-electron chi connectivity index (χ3n) is 4.03. The van der Waals surface area contributed by atoms with Crippen LogP contribution >= 0.6 is 11.6 Å². The molecule has 2 aromatic carbocycles. The fourth-order valence-corrected chi connectivity index (χ4v) is 3.94. The molecule has 0 atom stereocenters. The van der Waals surface area contributed by atoms with Gasteiger partial charge < -0.3 is 9.88 Å². The zero-order valence-corrected chi connectivity index (χ0v) is 16.9. The highest BCUT2D eigenvalue weighted by Crippen LogP contribution is 2.24. The molecular weight excluding hydrogens is 434 g/mol. The number of amides is 1. The highest BCUT2D eigenvalue weighted by Gasteiger charge is 2.19. The Hall–Kier alpha value is -3.28. The van der Waals surface area contributed by atoms with E-state index in [0.29, 0.717) is 0 Å². The Morgan fingerprint density at radius 2 is 2.00 bits per heavy atom. The summed E-state index contributed by atoms with van der Waals surface area (Å²) in [5.74, 6) is -0.572. The summed E-state index contributed by atoms with van der Waals surface area (Å²) in [7, 11) is -3.78. The van der Waals surface area contributed by atoms with Crippen molar-refractivity contribution in [2.24, 2.45) is 0 Å². The molecule has 156 valence electrons. The van der Waals surface area contributed by atoms with Gasteiger partial charge >= 0.3 is 0 Å². The molecule has 0 unspecified atom stereocenters. The fraction of sp³-hybridized carbons (Fsp3) is 0.111. The van der Waals surface area contributed by atoms with Crippen LogP contribution in [0.15, 0.2) is 66.1 Å². The van der Waals surface area contributed by atoms with E-state index in [2.05, 4.69) is 15.0 Å². The number of aromatic nitrogens is 2. The number of rotatable bonds is 8. The first-order chi connectivity index (χ1) is 14.3. The van der Waals surface area contributed by atoms with Gasteiger partial charge in [-0.2, -0.15) is 0 Å². The second kappa shape index (κ2) is 9.03. The van der Waals surface area contributed by atoms with Gasteiger partial charge in [-0.25, -0.2) is 18.1 Å². The van der Waals surface area contributed by atoms with Gasteiger partial charge in [-0.15, -0.1) is 0 Å². The second-order valence-corrected chi connectivity index (χ2v) is 8.24. The molecule has 3 aromatic rings. The van der Waals surface area contributed by atoms with Gasteiger partial charge in [0.1, 0.15) is 5.69 Å². The Kier molecular flexibility index (Phi) is 6.45. The first kappa shape index (κ1) is 21.4. The number of nitro groups is 1. The topological polar surface area (TPSA) is 136 Å². The maximum absolute atomic E-state index is 12.3. The van der Waals surface area contributed by atoms with Crippen molar-refractivity contribution >= 4 is 33.2 Å². The molecular formula is C18H16ClN5O5S. The van der Waals surface area contributed by atoms with Crippen LogP contribution in [0.25, 0.3) is 5.69 Å². The molecule has 0 bridgehead atoms. The van der Waals surface area contributed by atoms with Crippen LogP contribution in [-0.4, -0.2) is 41.9 Å². The predicted octanol–water partition coefficient (Wildman–Crippen LogP) is 2.14. The van der Waals surface area contributed by atoms with E-state index in [1.807, 2.05) is 0 Å². The van der Waals surface area contributed by atoms with Gasteiger partial charge in [0.15, 0.2) is 0 Å². The molecule has 0 aliphatic heterocycles. The van der Waals surface area contributed by atoms with Crippen molar-refractivity contribution in [2.45, 2.75) is 4.90 Å². The standard InChI is InChI=1S/C18H16ClN5O5S/c19-14-2-1-3-15(11-14)30(28,29)22-7-6-21-18(25)13-4-5-16(17(10-13)24(26)27)23-9-8-20-12-23/h1-5,8-12,22H,6-7H2,(H,21,25). The number of imidazole rings is 1. The van der Waals surface area contributed by atoms with Crippen molar-refractivity contribution in [3.05, 3.63) is 81.9 Å². The summed E-state index contributed by atoms with van der Waals surface area (Å²) < 4.78 is 28.2. The number of hydrogen-bond donors (Lipinski definition) is 2. The Bertz CT molecular complexity index is 1180. The number of halogens is 1. The van der Waals surface area contributed by atoms with Gasteiger partial charge in [0, 0.05) is 42.1 Å². The highest BCUT2D eigenvalue weighted by atomic mass is 35.5. The molecule has 0 radical (unpaired) electrons. The van der Waals surface area contributed by atoms with Crippen LogP contribution in [0.3, 0.4) is 0 Å². The van der Waals surface area contributed by atoms with Crippen molar-refractivity contribution in [3.8, 4) is 5.69 Å². The third-order valence-corrected chi connectivity index (χ3v) is 5.72. The van der Waals surface area contributed by atoms with E-state index in [-0.39, 0.29) is 39.9 Å².